The molecular formula is C14H23N3O2S. The Bertz CT molecular complexity index is 573. The van der Waals surface area contributed by atoms with Crippen molar-refractivity contribution < 1.29 is 8.42 Å². The Morgan fingerprint density at radius 1 is 1.25 bits per heavy atom. The van der Waals surface area contributed by atoms with Crippen molar-refractivity contribution in [1.29, 1.82) is 0 Å². The molecule has 1 aliphatic carbocycles. The van der Waals surface area contributed by atoms with E-state index in [1.165, 1.54) is 25.7 Å². The number of anilines is 1. The minimum absolute atomic E-state index is 0.00991. The van der Waals surface area contributed by atoms with E-state index < -0.39 is 9.84 Å². The Hall–Kier alpha value is -1.04. The molecule has 0 radical (unpaired) electrons. The molecule has 20 heavy (non-hydrogen) atoms. The lowest BCUT2D eigenvalue weighted by atomic mass is 10.2. The first-order chi connectivity index (χ1) is 9.53. The molecule has 6 heteroatoms. The van der Waals surface area contributed by atoms with E-state index in [9.17, 15) is 8.42 Å². The van der Waals surface area contributed by atoms with Crippen LogP contribution in [0.4, 0.5) is 5.95 Å². The number of imidazole rings is 1. The first-order valence-corrected chi connectivity index (χ1v) is 9.38. The fourth-order valence-corrected chi connectivity index (χ4v) is 5.04. The molecule has 1 unspecified atom stereocenters. The highest BCUT2D eigenvalue weighted by Crippen LogP contribution is 2.32. The van der Waals surface area contributed by atoms with Crippen LogP contribution in [0.2, 0.25) is 0 Å². The van der Waals surface area contributed by atoms with Crippen molar-refractivity contribution in [3.63, 3.8) is 0 Å². The summed E-state index contributed by atoms with van der Waals surface area (Å²) in [5.74, 6) is 1.43. The van der Waals surface area contributed by atoms with Gasteiger partial charge < -0.3 is 9.88 Å². The van der Waals surface area contributed by atoms with Gasteiger partial charge in [0, 0.05) is 18.3 Å². The van der Waals surface area contributed by atoms with E-state index in [-0.39, 0.29) is 11.8 Å². The van der Waals surface area contributed by atoms with Gasteiger partial charge in [-0.1, -0.05) is 12.8 Å². The number of nitrogens with one attached hydrogen (secondary N) is 1. The summed E-state index contributed by atoms with van der Waals surface area (Å²) in [6.45, 7) is 1.99. The van der Waals surface area contributed by atoms with E-state index in [1.54, 1.807) is 0 Å². The maximum atomic E-state index is 11.7. The molecule has 1 saturated carbocycles. The quantitative estimate of drug-likeness (QED) is 0.930. The van der Waals surface area contributed by atoms with Gasteiger partial charge in [0.15, 0.2) is 9.84 Å². The maximum Gasteiger partial charge on any atom is 0.203 e. The van der Waals surface area contributed by atoms with Crippen molar-refractivity contribution in [2.45, 2.75) is 57.5 Å². The van der Waals surface area contributed by atoms with Crippen molar-refractivity contribution in [2.75, 3.05) is 16.8 Å². The normalized spacial score (nSPS) is 26.8. The highest BCUT2D eigenvalue weighted by molar-refractivity contribution is 7.91. The molecule has 0 aromatic carbocycles. The van der Waals surface area contributed by atoms with Crippen LogP contribution in [-0.2, 0) is 9.84 Å². The minimum atomic E-state index is -2.88. The van der Waals surface area contributed by atoms with Crippen LogP contribution >= 0.6 is 0 Å². The maximum absolute atomic E-state index is 11.7. The molecule has 0 spiro atoms. The molecule has 1 saturated heterocycles. The SMILES string of the molecule is Cc1cn(C2CCCC2)c(NC2CCCS(=O)(=O)C2)n1. The Morgan fingerprint density at radius 2 is 2.00 bits per heavy atom. The second kappa shape index (κ2) is 5.39. The first kappa shape index (κ1) is 13.9. The lowest BCUT2D eigenvalue weighted by Crippen LogP contribution is -2.35. The van der Waals surface area contributed by atoms with Crippen LogP contribution in [0.15, 0.2) is 6.20 Å². The van der Waals surface area contributed by atoms with E-state index in [2.05, 4.69) is 21.1 Å². The summed E-state index contributed by atoms with van der Waals surface area (Å²) in [6, 6.07) is 0.537. The van der Waals surface area contributed by atoms with E-state index >= 15 is 0 Å². The summed E-state index contributed by atoms with van der Waals surface area (Å²) >= 11 is 0. The van der Waals surface area contributed by atoms with Gasteiger partial charge in [0.2, 0.25) is 5.95 Å². The number of sulfone groups is 1. The number of hydrogen-bond donors (Lipinski definition) is 1. The van der Waals surface area contributed by atoms with Gasteiger partial charge in [-0.25, -0.2) is 13.4 Å². The van der Waals surface area contributed by atoms with Crippen molar-refractivity contribution in [3.05, 3.63) is 11.9 Å². The Balaban J connectivity index is 1.76. The van der Waals surface area contributed by atoms with Gasteiger partial charge in [0.05, 0.1) is 17.2 Å². The smallest absolute Gasteiger partial charge is 0.203 e. The predicted octanol–water partition coefficient (Wildman–Crippen LogP) is 2.30. The monoisotopic (exact) mass is 297 g/mol. The molecule has 1 aromatic heterocycles. The lowest BCUT2D eigenvalue weighted by molar-refractivity contribution is 0.515. The van der Waals surface area contributed by atoms with Gasteiger partial charge in [-0.05, 0) is 32.6 Å². The standard InChI is InChI=1S/C14H23N3O2S/c1-11-9-17(13-6-2-3-7-13)14(15-11)16-12-5-4-8-20(18,19)10-12/h9,12-13H,2-8,10H2,1H3,(H,15,16). The topological polar surface area (TPSA) is 64.0 Å². The molecular weight excluding hydrogens is 274 g/mol. The number of nitrogens with zero attached hydrogens (tertiary/aromatic N) is 2. The first-order valence-electron chi connectivity index (χ1n) is 7.56. The molecule has 1 aromatic rings. The third-order valence-electron chi connectivity index (χ3n) is 4.37. The Morgan fingerprint density at radius 3 is 2.70 bits per heavy atom. The Labute approximate surface area is 120 Å². The van der Waals surface area contributed by atoms with Crippen molar-refractivity contribution in [1.82, 2.24) is 9.55 Å². The molecule has 2 heterocycles. The highest BCUT2D eigenvalue weighted by Gasteiger charge is 2.27. The summed E-state index contributed by atoms with van der Waals surface area (Å²) < 4.78 is 25.7. The van der Waals surface area contributed by atoms with Crippen LogP contribution in [-0.4, -0.2) is 35.5 Å². The van der Waals surface area contributed by atoms with E-state index in [0.29, 0.717) is 11.8 Å². The average Bonchev–Trinajstić information content (AvgIpc) is 2.97. The van der Waals surface area contributed by atoms with Crippen molar-refractivity contribution in [3.8, 4) is 0 Å². The van der Waals surface area contributed by atoms with Crippen molar-refractivity contribution >= 4 is 15.8 Å². The average molecular weight is 297 g/mol. The Kier molecular flexibility index (Phi) is 3.75. The highest BCUT2D eigenvalue weighted by atomic mass is 32.2. The van der Waals surface area contributed by atoms with Crippen LogP contribution in [0.5, 0.6) is 0 Å². The van der Waals surface area contributed by atoms with Gasteiger partial charge in [-0.3, -0.25) is 0 Å². The molecule has 112 valence electrons. The zero-order valence-electron chi connectivity index (χ0n) is 12.0. The number of hydrogen-bond acceptors (Lipinski definition) is 4. The summed E-state index contributed by atoms with van der Waals surface area (Å²) in [5, 5.41) is 3.38. The molecule has 0 amide bonds. The summed E-state index contributed by atoms with van der Waals surface area (Å²) in [5.41, 5.74) is 0.998. The minimum Gasteiger partial charge on any atom is -0.352 e. The molecule has 5 nitrogen and oxygen atoms in total. The second-order valence-corrected chi connectivity index (χ2v) is 8.38. The summed E-state index contributed by atoms with van der Waals surface area (Å²) in [6.07, 6.45) is 8.72. The number of aromatic nitrogens is 2. The lowest BCUT2D eigenvalue weighted by Gasteiger charge is -2.25. The van der Waals surface area contributed by atoms with Gasteiger partial charge in [-0.2, -0.15) is 0 Å². The molecule has 1 N–H and O–H groups in total. The largest absolute Gasteiger partial charge is 0.352 e. The summed E-state index contributed by atoms with van der Waals surface area (Å²) in [7, 11) is -2.88. The fraction of sp³-hybridized carbons (Fsp3) is 0.786. The van der Waals surface area contributed by atoms with Crippen LogP contribution in [0.25, 0.3) is 0 Å². The number of aryl methyl sites for hydroxylation is 1. The zero-order chi connectivity index (χ0) is 14.2. The molecule has 1 aliphatic heterocycles. The predicted molar refractivity (Wildman–Crippen MR) is 79.8 cm³/mol. The zero-order valence-corrected chi connectivity index (χ0v) is 12.8. The molecule has 1 atom stereocenters. The second-order valence-electron chi connectivity index (χ2n) is 6.15. The van der Waals surface area contributed by atoms with E-state index in [1.807, 2.05) is 6.92 Å². The fourth-order valence-electron chi connectivity index (χ4n) is 3.40. The molecule has 3 rings (SSSR count). The van der Waals surface area contributed by atoms with Crippen molar-refractivity contribution in [2.24, 2.45) is 0 Å². The number of rotatable bonds is 3. The molecule has 2 fully saturated rings. The van der Waals surface area contributed by atoms with E-state index in [4.69, 9.17) is 0 Å². The molecule has 0 bridgehead atoms. The van der Waals surface area contributed by atoms with Gasteiger partial charge in [0.25, 0.3) is 0 Å². The molecule has 2 aliphatic rings. The van der Waals surface area contributed by atoms with Gasteiger partial charge in [0.1, 0.15) is 0 Å². The third-order valence-corrected chi connectivity index (χ3v) is 6.19. The van der Waals surface area contributed by atoms with Crippen LogP contribution in [0.1, 0.15) is 50.3 Å². The van der Waals surface area contributed by atoms with Crippen LogP contribution in [0.3, 0.4) is 0 Å². The van der Waals surface area contributed by atoms with Gasteiger partial charge >= 0.3 is 0 Å². The van der Waals surface area contributed by atoms with E-state index in [0.717, 1.165) is 24.5 Å². The van der Waals surface area contributed by atoms with Gasteiger partial charge in [-0.15, -0.1) is 0 Å². The summed E-state index contributed by atoms with van der Waals surface area (Å²) in [4.78, 5) is 4.55. The van der Waals surface area contributed by atoms with Crippen LogP contribution < -0.4 is 5.32 Å². The van der Waals surface area contributed by atoms with Crippen LogP contribution in [0, 0.1) is 6.92 Å². The third kappa shape index (κ3) is 3.00.